The Morgan fingerprint density at radius 1 is 1.50 bits per heavy atom. The summed E-state index contributed by atoms with van der Waals surface area (Å²) in [6, 6.07) is 4.80. The van der Waals surface area contributed by atoms with Crippen LogP contribution in [0.5, 0.6) is 5.75 Å². The average Bonchev–Trinajstić information content (AvgIpc) is 2.90. The molecular weight excluding hydrogens is 351 g/mol. The fourth-order valence-corrected chi connectivity index (χ4v) is 2.35. The highest BCUT2D eigenvalue weighted by atomic mass is 35.5. The molecule has 0 saturated heterocycles. The minimum absolute atomic E-state index is 0.341. The number of hydrogen-bond acceptors (Lipinski definition) is 4. The van der Waals surface area contributed by atoms with Crippen LogP contribution in [0.2, 0.25) is 10.0 Å². The van der Waals surface area contributed by atoms with Gasteiger partial charge in [0, 0.05) is 23.3 Å². The van der Waals surface area contributed by atoms with Gasteiger partial charge in [0.05, 0.1) is 16.9 Å². The molecule has 128 valence electrons. The van der Waals surface area contributed by atoms with Gasteiger partial charge in [0.25, 0.3) is 5.91 Å². The summed E-state index contributed by atoms with van der Waals surface area (Å²) in [6.07, 6.45) is 2.65. The number of aromatic nitrogens is 2. The van der Waals surface area contributed by atoms with Gasteiger partial charge < -0.3 is 4.74 Å². The molecule has 0 radical (unpaired) electrons. The number of carbonyl (C=O) groups excluding carboxylic acids is 1. The van der Waals surface area contributed by atoms with Crippen molar-refractivity contribution >= 4 is 35.3 Å². The number of halogens is 2. The van der Waals surface area contributed by atoms with E-state index in [4.69, 9.17) is 27.9 Å². The highest BCUT2D eigenvalue weighted by Crippen LogP contribution is 2.28. The lowest BCUT2D eigenvalue weighted by molar-refractivity contribution is -0.127. The van der Waals surface area contributed by atoms with Crippen molar-refractivity contribution in [2.45, 2.75) is 33.4 Å². The molecule has 1 aromatic carbocycles. The van der Waals surface area contributed by atoms with Crippen molar-refractivity contribution in [1.82, 2.24) is 15.2 Å². The third-order valence-corrected chi connectivity index (χ3v) is 3.78. The first-order valence-corrected chi connectivity index (χ1v) is 8.15. The fraction of sp³-hybridized carbons (Fsp3) is 0.312. The summed E-state index contributed by atoms with van der Waals surface area (Å²) in [5.74, 6) is -0.00874. The van der Waals surface area contributed by atoms with E-state index in [2.05, 4.69) is 15.6 Å². The van der Waals surface area contributed by atoms with E-state index in [0.29, 0.717) is 15.8 Å². The summed E-state index contributed by atoms with van der Waals surface area (Å²) in [4.78, 5) is 12.0. The van der Waals surface area contributed by atoms with E-state index in [-0.39, 0.29) is 0 Å². The molecule has 1 atom stereocenters. The molecule has 0 saturated carbocycles. The first-order valence-electron chi connectivity index (χ1n) is 7.39. The fourth-order valence-electron chi connectivity index (χ4n) is 1.89. The van der Waals surface area contributed by atoms with Crippen molar-refractivity contribution in [3.63, 3.8) is 0 Å². The molecule has 1 aromatic heterocycles. The molecule has 1 N–H and O–H groups in total. The van der Waals surface area contributed by atoms with Crippen LogP contribution in [-0.4, -0.2) is 28.0 Å². The third-order valence-electron chi connectivity index (χ3n) is 3.25. The molecule has 0 aliphatic carbocycles. The molecule has 0 spiro atoms. The van der Waals surface area contributed by atoms with Gasteiger partial charge in [0.2, 0.25) is 0 Å². The van der Waals surface area contributed by atoms with Crippen molar-refractivity contribution in [3.8, 4) is 5.75 Å². The molecule has 0 aliphatic heterocycles. The Morgan fingerprint density at radius 2 is 2.25 bits per heavy atom. The zero-order chi connectivity index (χ0) is 17.7. The Bertz CT molecular complexity index is 759. The maximum atomic E-state index is 12.0. The van der Waals surface area contributed by atoms with Gasteiger partial charge in [-0.05, 0) is 39.0 Å². The molecule has 1 amide bonds. The van der Waals surface area contributed by atoms with Crippen LogP contribution in [0.4, 0.5) is 0 Å². The topological polar surface area (TPSA) is 68.5 Å². The summed E-state index contributed by atoms with van der Waals surface area (Å²) in [6.45, 7) is 6.25. The van der Waals surface area contributed by atoms with Gasteiger partial charge in [-0.1, -0.05) is 23.2 Å². The number of amides is 1. The second-order valence-corrected chi connectivity index (χ2v) is 5.94. The standard InChI is InChI=1S/C16H18Cl2N4O2/c1-4-22-9-12(10(2)21-22)8-19-20-16(23)11(3)24-15-6-5-13(17)7-14(15)18/h5-9,11H,4H2,1-3H3,(H,20,23)/b19-8-/t11-/m1/s1. The number of aryl methyl sites for hydroxylation is 2. The van der Waals surface area contributed by atoms with Gasteiger partial charge in [-0.15, -0.1) is 0 Å². The number of nitrogens with zero attached hydrogens (tertiary/aromatic N) is 3. The van der Waals surface area contributed by atoms with Crippen molar-refractivity contribution < 1.29 is 9.53 Å². The molecule has 0 unspecified atom stereocenters. The average molecular weight is 369 g/mol. The number of hydrazone groups is 1. The lowest BCUT2D eigenvalue weighted by atomic mass is 10.3. The largest absolute Gasteiger partial charge is 0.479 e. The number of rotatable bonds is 6. The SMILES string of the molecule is CCn1cc(/C=N\NC(=O)[C@@H](C)Oc2ccc(Cl)cc2Cl)c(C)n1. The summed E-state index contributed by atoms with van der Waals surface area (Å²) in [5, 5.41) is 9.07. The van der Waals surface area contributed by atoms with Crippen molar-refractivity contribution in [1.29, 1.82) is 0 Å². The molecule has 2 aromatic rings. The number of benzene rings is 1. The van der Waals surface area contributed by atoms with Crippen molar-refractivity contribution in [2.24, 2.45) is 5.10 Å². The first-order chi connectivity index (χ1) is 11.4. The highest BCUT2D eigenvalue weighted by Gasteiger charge is 2.15. The highest BCUT2D eigenvalue weighted by molar-refractivity contribution is 6.35. The molecule has 6 nitrogen and oxygen atoms in total. The third kappa shape index (κ3) is 4.72. The van der Waals surface area contributed by atoms with Gasteiger partial charge in [0.15, 0.2) is 6.10 Å². The number of hydrogen-bond donors (Lipinski definition) is 1. The lowest BCUT2D eigenvalue weighted by Crippen LogP contribution is -2.33. The molecule has 1 heterocycles. The minimum atomic E-state index is -0.764. The summed E-state index contributed by atoms with van der Waals surface area (Å²) in [7, 11) is 0. The predicted octanol–water partition coefficient (Wildman–Crippen LogP) is 3.44. The number of carbonyl (C=O) groups is 1. The molecular formula is C16H18Cl2N4O2. The number of ether oxygens (including phenoxy) is 1. The molecule has 0 bridgehead atoms. The Balaban J connectivity index is 1.93. The maximum Gasteiger partial charge on any atom is 0.280 e. The van der Waals surface area contributed by atoms with E-state index in [1.54, 1.807) is 36.0 Å². The van der Waals surface area contributed by atoms with Crippen LogP contribution in [0.3, 0.4) is 0 Å². The smallest absolute Gasteiger partial charge is 0.280 e. The van der Waals surface area contributed by atoms with Crippen LogP contribution in [0.1, 0.15) is 25.1 Å². The second kappa shape index (κ2) is 8.17. The van der Waals surface area contributed by atoms with Crippen molar-refractivity contribution in [3.05, 3.63) is 45.7 Å². The van der Waals surface area contributed by atoms with E-state index in [9.17, 15) is 4.79 Å². The molecule has 2 rings (SSSR count). The summed E-state index contributed by atoms with van der Waals surface area (Å²) in [5.41, 5.74) is 4.12. The molecule has 24 heavy (non-hydrogen) atoms. The monoisotopic (exact) mass is 368 g/mol. The Kier molecular flexibility index (Phi) is 6.23. The maximum absolute atomic E-state index is 12.0. The van der Waals surface area contributed by atoms with Crippen LogP contribution in [0.25, 0.3) is 0 Å². The van der Waals surface area contributed by atoms with Crippen LogP contribution >= 0.6 is 23.2 Å². The summed E-state index contributed by atoms with van der Waals surface area (Å²) >= 11 is 11.8. The molecule has 8 heteroatoms. The molecule has 0 fully saturated rings. The van der Waals surface area contributed by atoms with Crippen LogP contribution in [0.15, 0.2) is 29.5 Å². The van der Waals surface area contributed by atoms with Gasteiger partial charge in [0.1, 0.15) is 5.75 Å². The van der Waals surface area contributed by atoms with Crippen molar-refractivity contribution in [2.75, 3.05) is 0 Å². The van der Waals surface area contributed by atoms with E-state index in [0.717, 1.165) is 17.8 Å². The van der Waals surface area contributed by atoms with Crippen LogP contribution < -0.4 is 10.2 Å². The zero-order valence-corrected chi connectivity index (χ0v) is 15.1. The van der Waals surface area contributed by atoms with E-state index in [1.165, 1.54) is 0 Å². The number of nitrogens with one attached hydrogen (secondary N) is 1. The zero-order valence-electron chi connectivity index (χ0n) is 13.6. The van der Waals surface area contributed by atoms with Crippen LogP contribution in [-0.2, 0) is 11.3 Å². The van der Waals surface area contributed by atoms with E-state index >= 15 is 0 Å². The van der Waals surface area contributed by atoms with Gasteiger partial charge in [-0.25, -0.2) is 5.43 Å². The second-order valence-electron chi connectivity index (χ2n) is 5.09. The van der Waals surface area contributed by atoms with Crippen LogP contribution in [0, 0.1) is 6.92 Å². The minimum Gasteiger partial charge on any atom is -0.479 e. The summed E-state index contributed by atoms with van der Waals surface area (Å²) < 4.78 is 7.32. The Labute approximate surface area is 150 Å². The molecule has 0 aliphatic rings. The predicted molar refractivity (Wildman–Crippen MR) is 94.9 cm³/mol. The first kappa shape index (κ1) is 18.3. The lowest BCUT2D eigenvalue weighted by Gasteiger charge is -2.14. The Morgan fingerprint density at radius 3 is 2.88 bits per heavy atom. The van der Waals surface area contributed by atoms with E-state index in [1.807, 2.05) is 20.0 Å². The normalized spacial score (nSPS) is 12.4. The Hall–Kier alpha value is -2.05. The van der Waals surface area contributed by atoms with Gasteiger partial charge in [-0.3, -0.25) is 9.48 Å². The van der Waals surface area contributed by atoms with E-state index < -0.39 is 12.0 Å². The van der Waals surface area contributed by atoms with Gasteiger partial charge >= 0.3 is 0 Å². The quantitative estimate of drug-likeness (QED) is 0.627. The van der Waals surface area contributed by atoms with Gasteiger partial charge in [-0.2, -0.15) is 10.2 Å².